The van der Waals surface area contributed by atoms with Crippen molar-refractivity contribution in [2.75, 3.05) is 10.6 Å². The smallest absolute Gasteiger partial charge is 0.115 e. The molecule has 0 fully saturated rings. The molecule has 3 heteroatoms. The Morgan fingerprint density at radius 1 is 0.517 bits per heavy atom. The Labute approximate surface area is 174 Å². The molecule has 0 saturated heterocycles. The lowest BCUT2D eigenvalue weighted by atomic mass is 10.2. The number of rotatable bonds is 6. The van der Waals surface area contributed by atoms with Crippen molar-refractivity contribution in [2.24, 2.45) is 0 Å². The molecule has 0 atom stereocenters. The Morgan fingerprint density at radius 3 is 1.62 bits per heavy atom. The van der Waals surface area contributed by atoms with Crippen LogP contribution in [0.5, 0.6) is 0 Å². The summed E-state index contributed by atoms with van der Waals surface area (Å²) in [5, 5.41) is 10.1. The Kier molecular flexibility index (Phi) is 5.50. The fourth-order valence-electron chi connectivity index (χ4n) is 3.67. The van der Waals surface area contributed by atoms with Gasteiger partial charge in [0.1, 0.15) is 8.07 Å². The molecule has 0 unspecified atom stereocenters. The van der Waals surface area contributed by atoms with Gasteiger partial charge in [0, 0.05) is 11.4 Å². The lowest BCUT2D eigenvalue weighted by Gasteiger charge is -2.28. The van der Waals surface area contributed by atoms with E-state index in [0.717, 1.165) is 22.7 Å². The van der Waals surface area contributed by atoms with Gasteiger partial charge in [0.25, 0.3) is 0 Å². The van der Waals surface area contributed by atoms with E-state index in [1.807, 2.05) is 12.1 Å². The third-order valence-electron chi connectivity index (χ3n) is 5.33. The Hall–Kier alpha value is -3.30. The summed E-state index contributed by atoms with van der Waals surface area (Å²) in [6.07, 6.45) is 0. The highest BCUT2D eigenvalue weighted by Gasteiger charge is 2.29. The van der Waals surface area contributed by atoms with Crippen molar-refractivity contribution in [3.8, 4) is 0 Å². The second kappa shape index (κ2) is 8.37. The highest BCUT2D eigenvalue weighted by Crippen LogP contribution is 2.29. The third kappa shape index (κ3) is 4.25. The van der Waals surface area contributed by atoms with E-state index < -0.39 is 8.07 Å². The maximum Gasteiger partial charge on any atom is 0.115 e. The van der Waals surface area contributed by atoms with E-state index in [9.17, 15) is 0 Å². The monoisotopic (exact) mass is 394 g/mol. The molecule has 4 aromatic rings. The van der Waals surface area contributed by atoms with Gasteiger partial charge >= 0.3 is 0 Å². The molecule has 29 heavy (non-hydrogen) atoms. The molecular weight excluding hydrogens is 368 g/mol. The first-order chi connectivity index (χ1) is 14.1. The van der Waals surface area contributed by atoms with Crippen molar-refractivity contribution in [1.82, 2.24) is 0 Å². The SMILES string of the molecule is C[Si](C)(c1ccccc1)c1cccc(Nc2ccccc2)c1Nc1ccccc1. The van der Waals surface area contributed by atoms with Gasteiger partial charge in [-0.25, -0.2) is 0 Å². The molecule has 0 heterocycles. The molecule has 0 aliphatic heterocycles. The molecule has 4 rings (SSSR count). The van der Waals surface area contributed by atoms with Crippen LogP contribution < -0.4 is 21.0 Å². The Bertz CT molecular complexity index is 1060. The van der Waals surface area contributed by atoms with Crippen LogP contribution >= 0.6 is 0 Å². The maximum atomic E-state index is 3.71. The van der Waals surface area contributed by atoms with Crippen molar-refractivity contribution >= 4 is 41.2 Å². The number of nitrogens with one attached hydrogen (secondary N) is 2. The lowest BCUT2D eigenvalue weighted by molar-refractivity contribution is 1.51. The molecular formula is C26H26N2Si. The molecule has 144 valence electrons. The van der Waals surface area contributed by atoms with E-state index in [4.69, 9.17) is 0 Å². The van der Waals surface area contributed by atoms with E-state index in [1.54, 1.807) is 0 Å². The summed E-state index contributed by atoms with van der Waals surface area (Å²) < 4.78 is 0. The van der Waals surface area contributed by atoms with Gasteiger partial charge in [-0.1, -0.05) is 97.1 Å². The predicted octanol–water partition coefficient (Wildman–Crippen LogP) is 6.00. The Morgan fingerprint density at radius 2 is 1.03 bits per heavy atom. The standard InChI is InChI=1S/C26H26N2Si/c1-29(2,23-17-10-5-11-18-23)25-20-12-19-24(27-21-13-6-3-7-14-21)26(25)28-22-15-8-4-9-16-22/h3-20,27-28H,1-2H3. The zero-order valence-corrected chi connectivity index (χ0v) is 17.9. The van der Waals surface area contributed by atoms with E-state index in [2.05, 4.69) is 121 Å². The third-order valence-corrected chi connectivity index (χ3v) is 8.87. The number of anilines is 4. The average Bonchev–Trinajstić information content (AvgIpc) is 2.77. The second-order valence-corrected chi connectivity index (χ2v) is 12.1. The van der Waals surface area contributed by atoms with Gasteiger partial charge in [-0.05, 0) is 35.5 Å². The summed E-state index contributed by atoms with van der Waals surface area (Å²) in [5.74, 6) is 0. The van der Waals surface area contributed by atoms with Gasteiger partial charge in [0.05, 0.1) is 11.4 Å². The van der Waals surface area contributed by atoms with E-state index >= 15 is 0 Å². The molecule has 4 aromatic carbocycles. The number of hydrogen-bond donors (Lipinski definition) is 2. The van der Waals surface area contributed by atoms with Gasteiger partial charge in [-0.3, -0.25) is 0 Å². The summed E-state index contributed by atoms with van der Waals surface area (Å²) in [5.41, 5.74) is 4.42. The van der Waals surface area contributed by atoms with Crippen LogP contribution in [0.25, 0.3) is 0 Å². The number of hydrogen-bond acceptors (Lipinski definition) is 2. The summed E-state index contributed by atoms with van der Waals surface area (Å²) in [6.45, 7) is 4.83. The normalized spacial score (nSPS) is 11.1. The fourth-order valence-corrected chi connectivity index (χ4v) is 6.34. The molecule has 0 aliphatic rings. The first-order valence-corrected chi connectivity index (χ1v) is 13.0. The molecule has 0 spiro atoms. The molecule has 2 nitrogen and oxygen atoms in total. The first-order valence-electron chi connectivity index (χ1n) is 9.98. The molecule has 0 amide bonds. The van der Waals surface area contributed by atoms with Crippen LogP contribution in [0.15, 0.2) is 109 Å². The minimum Gasteiger partial charge on any atom is -0.354 e. The van der Waals surface area contributed by atoms with Gasteiger partial charge in [0.2, 0.25) is 0 Å². The Balaban J connectivity index is 1.83. The predicted molar refractivity (Wildman–Crippen MR) is 129 cm³/mol. The average molecular weight is 395 g/mol. The highest BCUT2D eigenvalue weighted by molar-refractivity contribution is 7.01. The quantitative estimate of drug-likeness (QED) is 0.392. The van der Waals surface area contributed by atoms with Crippen molar-refractivity contribution < 1.29 is 0 Å². The summed E-state index contributed by atoms with van der Waals surface area (Å²) in [7, 11) is -1.91. The van der Waals surface area contributed by atoms with Crippen molar-refractivity contribution in [3.63, 3.8) is 0 Å². The molecule has 0 radical (unpaired) electrons. The minimum atomic E-state index is -1.91. The second-order valence-electron chi connectivity index (χ2n) is 7.70. The molecule has 0 aliphatic carbocycles. The van der Waals surface area contributed by atoms with Crippen molar-refractivity contribution in [3.05, 3.63) is 109 Å². The summed E-state index contributed by atoms with van der Waals surface area (Å²) in [6, 6.07) is 38.2. The zero-order chi connectivity index (χ0) is 20.1. The molecule has 0 bridgehead atoms. The number of benzene rings is 4. The van der Waals surface area contributed by atoms with Gasteiger partial charge in [-0.2, -0.15) is 0 Å². The summed E-state index contributed by atoms with van der Waals surface area (Å²) in [4.78, 5) is 0. The molecule has 2 N–H and O–H groups in total. The van der Waals surface area contributed by atoms with E-state index in [-0.39, 0.29) is 0 Å². The largest absolute Gasteiger partial charge is 0.354 e. The van der Waals surface area contributed by atoms with E-state index in [1.165, 1.54) is 10.4 Å². The maximum absolute atomic E-state index is 3.71. The van der Waals surface area contributed by atoms with Crippen LogP contribution in [0.2, 0.25) is 13.1 Å². The van der Waals surface area contributed by atoms with Crippen LogP contribution in [-0.2, 0) is 0 Å². The topological polar surface area (TPSA) is 24.1 Å². The van der Waals surface area contributed by atoms with Crippen LogP contribution in [0.1, 0.15) is 0 Å². The van der Waals surface area contributed by atoms with Gasteiger partial charge in [0.15, 0.2) is 0 Å². The van der Waals surface area contributed by atoms with Crippen molar-refractivity contribution in [1.29, 1.82) is 0 Å². The molecule has 0 saturated carbocycles. The van der Waals surface area contributed by atoms with Crippen LogP contribution in [-0.4, -0.2) is 8.07 Å². The zero-order valence-electron chi connectivity index (χ0n) is 16.9. The van der Waals surface area contributed by atoms with Gasteiger partial charge < -0.3 is 10.6 Å². The lowest BCUT2D eigenvalue weighted by Crippen LogP contribution is -2.53. The van der Waals surface area contributed by atoms with Crippen LogP contribution in [0.3, 0.4) is 0 Å². The fraction of sp³-hybridized carbons (Fsp3) is 0.0769. The van der Waals surface area contributed by atoms with E-state index in [0.29, 0.717) is 0 Å². The van der Waals surface area contributed by atoms with Crippen LogP contribution in [0.4, 0.5) is 22.7 Å². The minimum absolute atomic E-state index is 1.08. The van der Waals surface area contributed by atoms with Gasteiger partial charge in [-0.15, -0.1) is 0 Å². The van der Waals surface area contributed by atoms with Crippen LogP contribution in [0, 0.1) is 0 Å². The van der Waals surface area contributed by atoms with Crippen molar-refractivity contribution in [2.45, 2.75) is 13.1 Å². The molecule has 0 aromatic heterocycles. The number of para-hydroxylation sites is 3. The summed E-state index contributed by atoms with van der Waals surface area (Å²) >= 11 is 0. The first kappa shape index (κ1) is 19.0. The highest BCUT2D eigenvalue weighted by atomic mass is 28.3.